The minimum atomic E-state index is -2.80. The van der Waals surface area contributed by atoms with E-state index in [1.54, 1.807) is 18.2 Å². The number of aryl methyl sites for hydroxylation is 3. The van der Waals surface area contributed by atoms with Crippen LogP contribution in [0.25, 0.3) is 61.3 Å². The molecule has 0 saturated carbocycles. The average Bonchev–Trinajstić information content (AvgIpc) is 3.57. The highest BCUT2D eigenvalue weighted by molar-refractivity contribution is 6.09. The van der Waals surface area contributed by atoms with Gasteiger partial charge in [0, 0.05) is 38.6 Å². The summed E-state index contributed by atoms with van der Waals surface area (Å²) in [5.41, 5.74) is 6.97. The fourth-order valence-corrected chi connectivity index (χ4v) is 6.25. The van der Waals surface area contributed by atoms with Crippen LogP contribution in [0.3, 0.4) is 0 Å². The van der Waals surface area contributed by atoms with Gasteiger partial charge in [-0.2, -0.15) is 4.57 Å². The first-order chi connectivity index (χ1) is 23.8. The Kier molecular flexibility index (Phi) is 4.64. The maximum absolute atomic E-state index is 9.36. The van der Waals surface area contributed by atoms with Gasteiger partial charge in [0.15, 0.2) is 16.6 Å². The number of aromatic nitrogens is 3. The van der Waals surface area contributed by atoms with Gasteiger partial charge in [-0.1, -0.05) is 88.2 Å². The lowest BCUT2D eigenvalue weighted by Crippen LogP contribution is -2.36. The molecule has 2 unspecified atom stereocenters. The Morgan fingerprint density at radius 1 is 0.814 bits per heavy atom. The molecule has 214 valence electrons. The smallest absolute Gasteiger partial charge is 0.299 e. The van der Waals surface area contributed by atoms with Crippen molar-refractivity contribution in [2.45, 2.75) is 53.2 Å². The van der Waals surface area contributed by atoms with Crippen molar-refractivity contribution in [3.63, 3.8) is 0 Å². The van der Waals surface area contributed by atoms with E-state index in [0.29, 0.717) is 28.2 Å². The second-order valence-corrected chi connectivity index (χ2v) is 11.3. The number of fused-ring (bicyclic) bond motifs is 4. The molecule has 0 spiro atoms. The molecule has 7 rings (SSSR count). The fourth-order valence-electron chi connectivity index (χ4n) is 6.25. The number of benzene rings is 4. The number of nitrogens with zero attached hydrogens (tertiary/aromatic N) is 3. The Bertz CT molecular complexity index is 2440. The van der Waals surface area contributed by atoms with E-state index in [1.165, 1.54) is 13.8 Å². The molecule has 0 aliphatic heterocycles. The van der Waals surface area contributed by atoms with Crippen LogP contribution in [0.5, 0.6) is 0 Å². The molecule has 7 aromatic rings. The summed E-state index contributed by atoms with van der Waals surface area (Å²) in [4.78, 5) is 4.66. The van der Waals surface area contributed by atoms with E-state index in [1.807, 2.05) is 103 Å². The molecule has 0 N–H and O–H groups in total. The van der Waals surface area contributed by atoms with Crippen molar-refractivity contribution in [1.29, 1.82) is 0 Å². The van der Waals surface area contributed by atoms with E-state index < -0.39 is 25.5 Å². The zero-order valence-corrected chi connectivity index (χ0v) is 24.9. The van der Waals surface area contributed by atoms with Crippen LogP contribution in [-0.4, -0.2) is 9.55 Å². The molecule has 43 heavy (non-hydrogen) atoms. The zero-order valence-electron chi connectivity index (χ0n) is 32.9. The lowest BCUT2D eigenvalue weighted by Gasteiger charge is -2.18. The fraction of sp³-hybridized carbons (Fsp3) is 0.231. The number of hydrogen-bond acceptors (Lipinski definition) is 2. The molecule has 0 bridgehead atoms. The average molecular weight is 573 g/mol. The molecule has 0 radical (unpaired) electrons. The quantitative estimate of drug-likeness (QED) is 0.192. The summed E-state index contributed by atoms with van der Waals surface area (Å²) < 4.78 is 79.9. The van der Waals surface area contributed by atoms with Crippen LogP contribution >= 0.6 is 0 Å². The van der Waals surface area contributed by atoms with Crippen LogP contribution in [0.2, 0.25) is 0 Å². The van der Waals surface area contributed by atoms with Gasteiger partial charge in [-0.3, -0.25) is 0 Å². The second kappa shape index (κ2) is 10.2. The van der Waals surface area contributed by atoms with Crippen LogP contribution in [0.1, 0.15) is 72.7 Å². The van der Waals surface area contributed by atoms with Crippen molar-refractivity contribution >= 4 is 33.1 Å². The summed E-state index contributed by atoms with van der Waals surface area (Å²) in [6.45, 7) is 0.879. The van der Waals surface area contributed by atoms with Gasteiger partial charge in [0.2, 0.25) is 5.71 Å². The molecule has 0 fully saturated rings. The predicted molar refractivity (Wildman–Crippen MR) is 178 cm³/mol. The Morgan fingerprint density at radius 2 is 1.53 bits per heavy atom. The number of furan rings is 1. The Hall–Kier alpha value is -4.70. The van der Waals surface area contributed by atoms with Crippen molar-refractivity contribution in [2.24, 2.45) is 7.05 Å². The Morgan fingerprint density at radius 3 is 2.26 bits per heavy atom. The topological polar surface area (TPSA) is 34.8 Å². The van der Waals surface area contributed by atoms with Gasteiger partial charge in [-0.15, -0.1) is 0 Å². The molecule has 4 aromatic carbocycles. The maximum Gasteiger partial charge on any atom is 0.299 e. The lowest BCUT2D eigenvalue weighted by molar-refractivity contribution is -0.557. The third-order valence-corrected chi connectivity index (χ3v) is 8.36. The lowest BCUT2D eigenvalue weighted by atomic mass is 9.92. The molecular weight excluding hydrogens is 526 g/mol. The molecule has 3 heterocycles. The van der Waals surface area contributed by atoms with E-state index in [9.17, 15) is 2.74 Å². The highest BCUT2D eigenvalue weighted by Crippen LogP contribution is 2.40. The first kappa shape index (κ1) is 19.5. The van der Waals surface area contributed by atoms with Gasteiger partial charge in [0.1, 0.15) is 11.3 Å². The highest BCUT2D eigenvalue weighted by atomic mass is 16.3. The van der Waals surface area contributed by atoms with E-state index in [4.69, 9.17) is 12.6 Å². The first-order valence-electron chi connectivity index (χ1n) is 18.4. The molecule has 4 heteroatoms. The van der Waals surface area contributed by atoms with Gasteiger partial charge in [0.25, 0.3) is 5.82 Å². The molecule has 0 aliphatic carbocycles. The van der Waals surface area contributed by atoms with Crippen molar-refractivity contribution in [3.8, 4) is 28.2 Å². The normalized spacial score (nSPS) is 18.1. The van der Waals surface area contributed by atoms with Crippen molar-refractivity contribution < 1.29 is 20.0 Å². The molecule has 4 nitrogen and oxygen atoms in total. The molecule has 0 saturated heterocycles. The van der Waals surface area contributed by atoms with Gasteiger partial charge >= 0.3 is 0 Å². The summed E-state index contributed by atoms with van der Waals surface area (Å²) >= 11 is 0. The maximum atomic E-state index is 9.36. The van der Waals surface area contributed by atoms with Gasteiger partial charge in [-0.05, 0) is 72.7 Å². The Balaban J connectivity index is 1.72. The summed E-state index contributed by atoms with van der Waals surface area (Å²) in [5.74, 6) is -3.83. The third kappa shape index (κ3) is 4.27. The molecule has 3 aromatic heterocycles. The summed E-state index contributed by atoms with van der Waals surface area (Å²) in [6.07, 6.45) is 0. The minimum Gasteiger partial charge on any atom is -0.437 e. The Labute approximate surface area is 264 Å². The van der Waals surface area contributed by atoms with Gasteiger partial charge < -0.3 is 4.42 Å². The number of imidazole rings is 1. The summed E-state index contributed by atoms with van der Waals surface area (Å²) in [6, 6.07) is 28.4. The van der Waals surface area contributed by atoms with E-state index in [-0.39, 0.29) is 16.8 Å². The minimum absolute atomic E-state index is 0.0698. The standard InChI is InChI=1S/C39H38N3O/c1-23(2)29-14-11-15-30(24(3)4)36(29)42-33-21-18-28(27-12-9-8-10-13-27)22-34(33)41(7)39(42)35-25(5)16-19-31-32-20-17-26(6)40-38(32)43-37(31)35/h8-24H,1-7H3/q+1/i1D3,3D3,23D,24D. The zero-order chi connectivity index (χ0) is 36.8. The summed E-state index contributed by atoms with van der Waals surface area (Å²) in [7, 11) is 1.90. The summed E-state index contributed by atoms with van der Waals surface area (Å²) in [5, 5.41) is 1.66. The van der Waals surface area contributed by atoms with Crippen molar-refractivity contribution in [1.82, 2.24) is 9.55 Å². The van der Waals surface area contributed by atoms with Crippen molar-refractivity contribution in [3.05, 3.63) is 113 Å². The molecular formula is C39H38N3O+. The van der Waals surface area contributed by atoms with Gasteiger partial charge in [-0.25, -0.2) is 9.55 Å². The largest absolute Gasteiger partial charge is 0.437 e. The molecule has 0 amide bonds. The van der Waals surface area contributed by atoms with Crippen LogP contribution in [-0.2, 0) is 7.05 Å². The third-order valence-electron chi connectivity index (χ3n) is 8.36. The van der Waals surface area contributed by atoms with Crippen LogP contribution in [0, 0.1) is 13.8 Å². The van der Waals surface area contributed by atoms with Crippen LogP contribution in [0.4, 0.5) is 0 Å². The van der Waals surface area contributed by atoms with E-state index >= 15 is 0 Å². The molecule has 0 aliphatic rings. The second-order valence-electron chi connectivity index (χ2n) is 11.3. The van der Waals surface area contributed by atoms with E-state index in [2.05, 4.69) is 4.98 Å². The van der Waals surface area contributed by atoms with Gasteiger partial charge in [0.05, 0.1) is 7.05 Å². The number of hydrogen-bond donors (Lipinski definition) is 0. The SMILES string of the molecule is [2H]C([2H])([2H])C([2H])(C)c1cccc(C([2H])(C)C([2H])([2H])[2H])c1-[n+]1c(-c2c(C)ccc3c2oc2nc(C)ccc23)n(C)c2cc(-c3ccccc3)ccc21. The highest BCUT2D eigenvalue weighted by Gasteiger charge is 2.33. The first-order valence-corrected chi connectivity index (χ1v) is 14.4. The van der Waals surface area contributed by atoms with Crippen molar-refractivity contribution in [2.75, 3.05) is 0 Å². The number of para-hydroxylation sites is 1. The number of rotatable bonds is 5. The van der Waals surface area contributed by atoms with E-state index in [0.717, 1.165) is 38.7 Å². The number of pyridine rings is 1. The van der Waals surface area contributed by atoms with Crippen LogP contribution < -0.4 is 4.57 Å². The predicted octanol–water partition coefficient (Wildman–Crippen LogP) is 9.95. The van der Waals surface area contributed by atoms with Crippen LogP contribution in [0.15, 0.2) is 95.4 Å². The molecule has 2 atom stereocenters. The monoisotopic (exact) mass is 572 g/mol.